The highest BCUT2D eigenvalue weighted by atomic mass is 19.3. The molecule has 2 aromatic rings. The average Bonchev–Trinajstić information content (AvgIpc) is 2.50. The van der Waals surface area contributed by atoms with Crippen LogP contribution in [-0.2, 0) is 0 Å². The Bertz CT molecular complexity index is 728. The largest absolute Gasteiger partial charge is 0.435 e. The summed E-state index contributed by atoms with van der Waals surface area (Å²) in [5.74, 6) is 0.0478. The van der Waals surface area contributed by atoms with Gasteiger partial charge >= 0.3 is 6.61 Å². The number of hydrogen-bond acceptors (Lipinski definition) is 5. The summed E-state index contributed by atoms with van der Waals surface area (Å²) >= 11 is 0. The topological polar surface area (TPSA) is 52.4 Å². The lowest BCUT2D eigenvalue weighted by Gasteiger charge is -2.24. The van der Waals surface area contributed by atoms with Gasteiger partial charge in [-0.2, -0.15) is 14.0 Å². The lowest BCUT2D eigenvalue weighted by atomic mass is 10.1. The van der Waals surface area contributed by atoms with E-state index >= 15 is 0 Å². The molecule has 0 aliphatic heterocycles. The summed E-state index contributed by atoms with van der Waals surface area (Å²) in [6, 6.07) is 6.66. The first kappa shape index (κ1) is 16.9. The smallest absolute Gasteiger partial charge is 0.387 e. The minimum absolute atomic E-state index is 0.0478. The van der Waals surface area contributed by atoms with Crippen molar-refractivity contribution in [3.05, 3.63) is 30.0 Å². The first-order valence-corrected chi connectivity index (χ1v) is 7.06. The molecule has 0 atom stereocenters. The lowest BCUT2D eigenvalue weighted by Crippen LogP contribution is -2.29. The van der Waals surface area contributed by atoms with Crippen molar-refractivity contribution in [2.75, 3.05) is 39.1 Å². The third kappa shape index (κ3) is 4.05. The molecule has 0 N–H and O–H groups in total. The maximum absolute atomic E-state index is 12.4. The third-order valence-electron chi connectivity index (χ3n) is 3.42. The van der Waals surface area contributed by atoms with E-state index in [-0.39, 0.29) is 5.75 Å². The number of alkyl halides is 2. The molecule has 0 bridgehead atoms. The zero-order valence-corrected chi connectivity index (χ0v) is 13.3. The number of nitriles is 1. The second kappa shape index (κ2) is 7.20. The summed E-state index contributed by atoms with van der Waals surface area (Å²) in [5.41, 5.74) is 1.68. The van der Waals surface area contributed by atoms with Gasteiger partial charge in [0.15, 0.2) is 0 Å². The predicted octanol–water partition coefficient (Wildman–Crippen LogP) is 2.71. The third-order valence-corrected chi connectivity index (χ3v) is 3.42. The SMILES string of the molecule is CN(C)CCN(C)c1c(C#N)cnc2ccc(OC(F)F)cc12. The van der Waals surface area contributed by atoms with Gasteiger partial charge < -0.3 is 14.5 Å². The first-order chi connectivity index (χ1) is 10.9. The van der Waals surface area contributed by atoms with Gasteiger partial charge in [-0.1, -0.05) is 0 Å². The number of pyridine rings is 1. The highest BCUT2D eigenvalue weighted by Crippen LogP contribution is 2.31. The number of likely N-dealkylation sites (N-methyl/N-ethyl adjacent to an activating group) is 2. The van der Waals surface area contributed by atoms with Crippen molar-refractivity contribution < 1.29 is 13.5 Å². The number of hydrogen-bond donors (Lipinski definition) is 0. The molecule has 5 nitrogen and oxygen atoms in total. The van der Waals surface area contributed by atoms with Crippen LogP contribution in [0.3, 0.4) is 0 Å². The van der Waals surface area contributed by atoms with Gasteiger partial charge in [-0.15, -0.1) is 0 Å². The number of rotatable bonds is 6. The molecule has 122 valence electrons. The number of nitrogens with zero attached hydrogens (tertiary/aromatic N) is 4. The van der Waals surface area contributed by atoms with Crippen LogP contribution in [0.25, 0.3) is 10.9 Å². The molecule has 0 saturated carbocycles. The van der Waals surface area contributed by atoms with Crippen LogP contribution >= 0.6 is 0 Å². The van der Waals surface area contributed by atoms with E-state index in [1.54, 1.807) is 6.07 Å². The zero-order valence-electron chi connectivity index (χ0n) is 13.3. The Morgan fingerprint density at radius 2 is 2.00 bits per heavy atom. The number of anilines is 1. The summed E-state index contributed by atoms with van der Waals surface area (Å²) in [4.78, 5) is 8.16. The fraction of sp³-hybridized carbons (Fsp3) is 0.375. The predicted molar refractivity (Wildman–Crippen MR) is 84.9 cm³/mol. The zero-order chi connectivity index (χ0) is 17.0. The van der Waals surface area contributed by atoms with Crippen molar-refractivity contribution in [2.45, 2.75) is 6.61 Å². The number of fused-ring (bicyclic) bond motifs is 1. The minimum Gasteiger partial charge on any atom is -0.435 e. The van der Waals surface area contributed by atoms with Gasteiger partial charge in [0.05, 0.1) is 16.8 Å². The fourth-order valence-corrected chi connectivity index (χ4v) is 2.29. The summed E-state index contributed by atoms with van der Waals surface area (Å²) in [7, 11) is 5.77. The van der Waals surface area contributed by atoms with Gasteiger partial charge in [0, 0.05) is 31.7 Å². The Labute approximate surface area is 133 Å². The molecule has 1 heterocycles. The second-order valence-corrected chi connectivity index (χ2v) is 5.41. The Kier molecular flexibility index (Phi) is 5.29. The van der Waals surface area contributed by atoms with Gasteiger partial charge in [-0.3, -0.25) is 4.98 Å². The molecule has 0 spiro atoms. The van der Waals surface area contributed by atoms with E-state index in [1.165, 1.54) is 18.3 Å². The van der Waals surface area contributed by atoms with Gasteiger partial charge in [0.2, 0.25) is 0 Å². The Balaban J connectivity index is 2.51. The van der Waals surface area contributed by atoms with Crippen molar-refractivity contribution >= 4 is 16.6 Å². The van der Waals surface area contributed by atoms with Crippen molar-refractivity contribution in [2.24, 2.45) is 0 Å². The summed E-state index contributed by atoms with van der Waals surface area (Å²) in [5, 5.41) is 9.95. The maximum atomic E-state index is 12.4. The molecule has 0 aliphatic carbocycles. The Hall–Kier alpha value is -2.46. The quantitative estimate of drug-likeness (QED) is 0.819. The van der Waals surface area contributed by atoms with Gasteiger partial charge in [0.25, 0.3) is 0 Å². The van der Waals surface area contributed by atoms with E-state index < -0.39 is 6.61 Å². The van der Waals surface area contributed by atoms with Crippen LogP contribution in [0.2, 0.25) is 0 Å². The molecule has 1 aromatic heterocycles. The van der Waals surface area contributed by atoms with Crippen LogP contribution in [0.5, 0.6) is 5.75 Å². The maximum Gasteiger partial charge on any atom is 0.387 e. The molecule has 0 saturated heterocycles. The number of benzene rings is 1. The van der Waals surface area contributed by atoms with Gasteiger partial charge in [0.1, 0.15) is 11.8 Å². The van der Waals surface area contributed by atoms with E-state index in [4.69, 9.17) is 0 Å². The Morgan fingerprint density at radius 1 is 1.26 bits per heavy atom. The molecule has 0 amide bonds. The van der Waals surface area contributed by atoms with E-state index in [1.807, 2.05) is 30.9 Å². The van der Waals surface area contributed by atoms with Crippen molar-refractivity contribution in [3.8, 4) is 11.8 Å². The van der Waals surface area contributed by atoms with Gasteiger partial charge in [-0.25, -0.2) is 0 Å². The first-order valence-electron chi connectivity index (χ1n) is 7.06. The standard InChI is InChI=1S/C16H18F2N4O/c1-21(2)6-7-22(3)15-11(9-19)10-20-14-5-4-12(8-13(14)15)23-16(17)18/h4-5,8,10,16H,6-7H2,1-3H3. The number of halogens is 2. The average molecular weight is 320 g/mol. The van der Waals surface area contributed by atoms with Crippen LogP contribution in [0.4, 0.5) is 14.5 Å². The van der Waals surface area contributed by atoms with Crippen molar-refractivity contribution in [3.63, 3.8) is 0 Å². The summed E-state index contributed by atoms with van der Waals surface area (Å²) < 4.78 is 29.3. The monoisotopic (exact) mass is 320 g/mol. The Morgan fingerprint density at radius 3 is 2.61 bits per heavy atom. The van der Waals surface area contributed by atoms with Crippen LogP contribution in [0, 0.1) is 11.3 Å². The lowest BCUT2D eigenvalue weighted by molar-refractivity contribution is -0.0497. The summed E-state index contributed by atoms with van der Waals surface area (Å²) in [6.45, 7) is -1.42. The van der Waals surface area contributed by atoms with Crippen molar-refractivity contribution in [1.82, 2.24) is 9.88 Å². The molecule has 0 fully saturated rings. The van der Waals surface area contributed by atoms with E-state index in [0.717, 1.165) is 6.54 Å². The van der Waals surface area contributed by atoms with Crippen LogP contribution in [0.15, 0.2) is 24.4 Å². The van der Waals surface area contributed by atoms with Crippen LogP contribution in [0.1, 0.15) is 5.56 Å². The highest BCUT2D eigenvalue weighted by Gasteiger charge is 2.15. The molecule has 2 rings (SSSR count). The fourth-order valence-electron chi connectivity index (χ4n) is 2.29. The van der Waals surface area contributed by atoms with Crippen LogP contribution < -0.4 is 9.64 Å². The molecule has 0 radical (unpaired) electrons. The molecular formula is C16H18F2N4O. The molecule has 0 aliphatic rings. The van der Waals surface area contributed by atoms with E-state index in [9.17, 15) is 14.0 Å². The minimum atomic E-state index is -2.89. The van der Waals surface area contributed by atoms with Crippen molar-refractivity contribution in [1.29, 1.82) is 5.26 Å². The molecular weight excluding hydrogens is 302 g/mol. The molecule has 23 heavy (non-hydrogen) atoms. The number of ether oxygens (including phenoxy) is 1. The van der Waals surface area contributed by atoms with Gasteiger partial charge in [-0.05, 0) is 32.3 Å². The molecule has 0 unspecified atom stereocenters. The molecule has 7 heteroatoms. The van der Waals surface area contributed by atoms with E-state index in [2.05, 4.69) is 15.8 Å². The normalized spacial score (nSPS) is 11.0. The molecule has 1 aromatic carbocycles. The second-order valence-electron chi connectivity index (χ2n) is 5.41. The van der Waals surface area contributed by atoms with Crippen LogP contribution in [-0.4, -0.2) is 50.7 Å². The number of aromatic nitrogens is 1. The highest BCUT2D eigenvalue weighted by molar-refractivity contribution is 5.95. The summed E-state index contributed by atoms with van der Waals surface area (Å²) in [6.07, 6.45) is 1.50. The van der Waals surface area contributed by atoms with E-state index in [0.29, 0.717) is 28.7 Å².